The summed E-state index contributed by atoms with van der Waals surface area (Å²) in [5, 5.41) is 0. The van der Waals surface area contributed by atoms with Crippen molar-refractivity contribution in [1.29, 1.82) is 0 Å². The van der Waals surface area contributed by atoms with Crippen molar-refractivity contribution in [2.24, 2.45) is 5.92 Å². The second-order valence-corrected chi connectivity index (χ2v) is 11.7. The first-order valence-corrected chi connectivity index (χ1v) is 15.0. The number of thioether (sulfide) groups is 1. The van der Waals surface area contributed by atoms with Crippen LogP contribution in [-0.4, -0.2) is 103 Å². The second-order valence-electron chi connectivity index (χ2n) is 10.4. The standard InChI is InChI=1S/C29H41N5O2S/c1-36-28-7-3-2-6-27(28)33-15-13-32(14-16-33)26-10-12-31(22-24-5-4-11-30-21-24)23-25(26)8-9-29(35)34-17-19-37-20-18-34/h2-7,11,21,25-26H,8-10,12-20,22-23H2,1H3/t25-,26+/m0/s1. The summed E-state index contributed by atoms with van der Waals surface area (Å²) >= 11 is 1.96. The Morgan fingerprint density at radius 3 is 2.59 bits per heavy atom. The van der Waals surface area contributed by atoms with Crippen LogP contribution >= 0.6 is 11.8 Å². The van der Waals surface area contributed by atoms with Crippen LogP contribution in [0.3, 0.4) is 0 Å². The van der Waals surface area contributed by atoms with Crippen molar-refractivity contribution in [3.63, 3.8) is 0 Å². The Morgan fingerprint density at radius 1 is 1.03 bits per heavy atom. The lowest BCUT2D eigenvalue weighted by atomic mass is 9.86. The Morgan fingerprint density at radius 2 is 1.84 bits per heavy atom. The van der Waals surface area contributed by atoms with Crippen molar-refractivity contribution in [3.8, 4) is 5.75 Å². The highest BCUT2D eigenvalue weighted by Gasteiger charge is 2.35. The minimum absolute atomic E-state index is 0.351. The van der Waals surface area contributed by atoms with E-state index in [2.05, 4.69) is 42.8 Å². The molecule has 0 aliphatic carbocycles. The molecule has 1 amide bonds. The molecule has 7 nitrogen and oxygen atoms in total. The van der Waals surface area contributed by atoms with E-state index >= 15 is 0 Å². The van der Waals surface area contributed by atoms with Gasteiger partial charge in [0.15, 0.2) is 0 Å². The maximum atomic E-state index is 13.0. The fourth-order valence-corrected chi connectivity index (χ4v) is 7.12. The maximum Gasteiger partial charge on any atom is 0.222 e. The molecule has 0 unspecified atom stereocenters. The van der Waals surface area contributed by atoms with Crippen molar-refractivity contribution in [2.45, 2.75) is 31.8 Å². The number of rotatable bonds is 8. The molecule has 0 bridgehead atoms. The van der Waals surface area contributed by atoms with Gasteiger partial charge in [0.05, 0.1) is 12.8 Å². The molecule has 0 saturated carbocycles. The molecule has 8 heteroatoms. The summed E-state index contributed by atoms with van der Waals surface area (Å²) < 4.78 is 5.62. The number of carbonyl (C=O) groups excluding carboxylic acids is 1. The van der Waals surface area contributed by atoms with E-state index in [9.17, 15) is 4.79 Å². The second kappa shape index (κ2) is 13.0. The largest absolute Gasteiger partial charge is 0.495 e. The monoisotopic (exact) mass is 523 g/mol. The van der Waals surface area contributed by atoms with Crippen molar-refractivity contribution in [1.82, 2.24) is 19.7 Å². The van der Waals surface area contributed by atoms with Gasteiger partial charge in [0.2, 0.25) is 5.91 Å². The molecule has 0 N–H and O–H groups in total. The van der Waals surface area contributed by atoms with Gasteiger partial charge in [-0.15, -0.1) is 0 Å². The molecule has 1 aromatic carbocycles. The molecule has 2 aromatic rings. The van der Waals surface area contributed by atoms with Crippen LogP contribution < -0.4 is 9.64 Å². The Kier molecular flexibility index (Phi) is 9.24. The van der Waals surface area contributed by atoms with E-state index in [0.29, 0.717) is 24.3 Å². The normalized spacial score (nSPS) is 23.7. The molecular weight excluding hydrogens is 482 g/mol. The average molecular weight is 524 g/mol. The summed E-state index contributed by atoms with van der Waals surface area (Å²) in [6.45, 7) is 9.04. The van der Waals surface area contributed by atoms with Gasteiger partial charge < -0.3 is 14.5 Å². The fraction of sp³-hybridized carbons (Fsp3) is 0.586. The van der Waals surface area contributed by atoms with Gasteiger partial charge >= 0.3 is 0 Å². The minimum Gasteiger partial charge on any atom is -0.495 e. The van der Waals surface area contributed by atoms with E-state index in [1.54, 1.807) is 7.11 Å². The van der Waals surface area contributed by atoms with Crippen LogP contribution in [0, 0.1) is 5.92 Å². The van der Waals surface area contributed by atoms with Crippen LogP contribution in [0.5, 0.6) is 5.75 Å². The van der Waals surface area contributed by atoms with Crippen LogP contribution in [0.15, 0.2) is 48.8 Å². The third kappa shape index (κ3) is 6.78. The van der Waals surface area contributed by atoms with Crippen molar-refractivity contribution in [2.75, 3.05) is 75.9 Å². The predicted molar refractivity (Wildman–Crippen MR) is 151 cm³/mol. The number of likely N-dealkylation sites (tertiary alicyclic amines) is 1. The molecular formula is C29H41N5O2S. The molecule has 200 valence electrons. The summed E-state index contributed by atoms with van der Waals surface area (Å²) in [6, 6.07) is 13.1. The van der Waals surface area contributed by atoms with Crippen molar-refractivity contribution in [3.05, 3.63) is 54.4 Å². The average Bonchev–Trinajstić information content (AvgIpc) is 2.97. The minimum atomic E-state index is 0.351. The van der Waals surface area contributed by atoms with Gasteiger partial charge in [-0.3, -0.25) is 19.6 Å². The van der Waals surface area contributed by atoms with Crippen LogP contribution in [-0.2, 0) is 11.3 Å². The summed E-state index contributed by atoms with van der Waals surface area (Å²) in [4.78, 5) is 27.2. The predicted octanol–water partition coefficient (Wildman–Crippen LogP) is 3.46. The van der Waals surface area contributed by atoms with E-state index in [0.717, 1.165) is 89.0 Å². The van der Waals surface area contributed by atoms with Crippen molar-refractivity contribution < 1.29 is 9.53 Å². The highest BCUT2D eigenvalue weighted by molar-refractivity contribution is 7.99. The summed E-state index contributed by atoms with van der Waals surface area (Å²) in [6.07, 6.45) is 6.63. The molecule has 2 atom stereocenters. The third-order valence-electron chi connectivity index (χ3n) is 8.21. The number of nitrogens with zero attached hydrogens (tertiary/aromatic N) is 5. The number of piperidine rings is 1. The summed E-state index contributed by atoms with van der Waals surface area (Å²) in [5.41, 5.74) is 2.46. The molecule has 0 radical (unpaired) electrons. The molecule has 3 aliphatic heterocycles. The highest BCUT2D eigenvalue weighted by atomic mass is 32.2. The lowest BCUT2D eigenvalue weighted by Crippen LogP contribution is -2.56. The van der Waals surface area contributed by atoms with Crippen LogP contribution in [0.4, 0.5) is 5.69 Å². The number of ether oxygens (including phenoxy) is 1. The van der Waals surface area contributed by atoms with Crippen LogP contribution in [0.25, 0.3) is 0 Å². The van der Waals surface area contributed by atoms with Gasteiger partial charge in [-0.2, -0.15) is 11.8 Å². The Bertz CT molecular complexity index is 995. The smallest absolute Gasteiger partial charge is 0.222 e. The number of piperazine rings is 1. The Balaban J connectivity index is 1.22. The van der Waals surface area contributed by atoms with E-state index < -0.39 is 0 Å². The van der Waals surface area contributed by atoms with Crippen molar-refractivity contribution >= 4 is 23.4 Å². The number of amides is 1. The van der Waals surface area contributed by atoms with Gasteiger partial charge in [0, 0.05) is 88.7 Å². The van der Waals surface area contributed by atoms with Crippen LogP contribution in [0.1, 0.15) is 24.8 Å². The van der Waals surface area contributed by atoms with Crippen LogP contribution in [0.2, 0.25) is 0 Å². The molecule has 5 rings (SSSR count). The SMILES string of the molecule is COc1ccccc1N1CCN([C@@H]2CCN(Cc3cccnc3)C[C@@H]2CCC(=O)N2CCSCC2)CC1. The number of carbonyl (C=O) groups is 1. The van der Waals surface area contributed by atoms with E-state index in [1.165, 1.54) is 11.3 Å². The number of benzene rings is 1. The first-order chi connectivity index (χ1) is 18.2. The molecule has 37 heavy (non-hydrogen) atoms. The van der Waals surface area contributed by atoms with E-state index in [1.807, 2.05) is 42.4 Å². The number of aromatic nitrogens is 1. The zero-order chi connectivity index (χ0) is 25.5. The number of para-hydroxylation sites is 2. The quantitative estimate of drug-likeness (QED) is 0.525. The molecule has 0 spiro atoms. The van der Waals surface area contributed by atoms with Gasteiger partial charge in [-0.05, 0) is 49.1 Å². The zero-order valence-electron chi connectivity index (χ0n) is 22.1. The first kappa shape index (κ1) is 26.3. The molecule has 4 heterocycles. The molecule has 3 aliphatic rings. The summed E-state index contributed by atoms with van der Waals surface area (Å²) in [5.74, 6) is 3.96. The molecule has 1 aromatic heterocycles. The Labute approximate surface area is 226 Å². The maximum absolute atomic E-state index is 13.0. The summed E-state index contributed by atoms with van der Waals surface area (Å²) in [7, 11) is 1.75. The molecule has 3 saturated heterocycles. The van der Waals surface area contributed by atoms with Gasteiger partial charge in [-0.1, -0.05) is 18.2 Å². The lowest BCUT2D eigenvalue weighted by Gasteiger charge is -2.47. The van der Waals surface area contributed by atoms with Gasteiger partial charge in [0.25, 0.3) is 0 Å². The fourth-order valence-electron chi connectivity index (χ4n) is 6.22. The highest BCUT2D eigenvalue weighted by Crippen LogP contribution is 2.32. The number of hydrogen-bond donors (Lipinski definition) is 0. The molecule has 3 fully saturated rings. The third-order valence-corrected chi connectivity index (χ3v) is 9.15. The lowest BCUT2D eigenvalue weighted by molar-refractivity contribution is -0.131. The van der Waals surface area contributed by atoms with Gasteiger partial charge in [0.1, 0.15) is 5.75 Å². The number of methoxy groups -OCH3 is 1. The number of pyridine rings is 1. The van der Waals surface area contributed by atoms with E-state index in [4.69, 9.17) is 4.74 Å². The van der Waals surface area contributed by atoms with Gasteiger partial charge in [-0.25, -0.2) is 0 Å². The zero-order valence-corrected chi connectivity index (χ0v) is 23.0. The Hall–Kier alpha value is -2.29. The number of hydrogen-bond acceptors (Lipinski definition) is 7. The topological polar surface area (TPSA) is 52.2 Å². The first-order valence-electron chi connectivity index (χ1n) is 13.8. The number of anilines is 1. The van der Waals surface area contributed by atoms with E-state index in [-0.39, 0.29) is 0 Å².